The average molecular weight is 452 g/mol. The number of carbonyl (C=O) groups excluding carboxylic acids is 1. The number of nitrogens with one attached hydrogen (secondary N) is 1. The number of para-hydroxylation sites is 1. The number of nitrogens with zero attached hydrogens (tertiary/aromatic N) is 2. The number of rotatable bonds is 5. The van der Waals surface area contributed by atoms with Gasteiger partial charge in [0.25, 0.3) is 5.91 Å². The normalized spacial score (nSPS) is 11.2. The molecular formula is C23H15ClFN3O2S. The molecule has 2 aromatic carbocycles. The predicted molar refractivity (Wildman–Crippen MR) is 119 cm³/mol. The van der Waals surface area contributed by atoms with Crippen LogP contribution < -0.4 is 5.32 Å². The van der Waals surface area contributed by atoms with Gasteiger partial charge in [0.1, 0.15) is 27.0 Å². The molecule has 5 nitrogen and oxygen atoms in total. The van der Waals surface area contributed by atoms with Gasteiger partial charge in [0.05, 0.1) is 28.9 Å². The van der Waals surface area contributed by atoms with Gasteiger partial charge in [-0.2, -0.15) is 5.10 Å². The summed E-state index contributed by atoms with van der Waals surface area (Å²) in [5, 5.41) is 8.55. The van der Waals surface area contributed by atoms with Crippen LogP contribution in [0.1, 0.15) is 15.4 Å². The number of carbonyl (C=O) groups is 1. The quantitative estimate of drug-likeness (QED) is 0.353. The van der Waals surface area contributed by atoms with E-state index in [-0.39, 0.29) is 18.3 Å². The number of aromatic nitrogens is 2. The molecule has 0 atom stereocenters. The second-order valence-corrected chi connectivity index (χ2v) is 8.17. The highest BCUT2D eigenvalue weighted by atomic mass is 35.5. The molecule has 0 aliphatic rings. The fraction of sp³-hybridized carbons (Fsp3) is 0.0435. The second-order valence-electron chi connectivity index (χ2n) is 6.79. The van der Waals surface area contributed by atoms with Crippen molar-refractivity contribution in [2.75, 3.05) is 0 Å². The third kappa shape index (κ3) is 3.62. The number of amides is 1. The van der Waals surface area contributed by atoms with Crippen LogP contribution in [0.2, 0.25) is 5.02 Å². The van der Waals surface area contributed by atoms with E-state index < -0.39 is 0 Å². The third-order valence-corrected chi connectivity index (χ3v) is 6.44. The Hall–Kier alpha value is -3.42. The molecule has 0 saturated heterocycles. The van der Waals surface area contributed by atoms with Gasteiger partial charge in [-0.25, -0.2) is 9.07 Å². The fourth-order valence-corrected chi connectivity index (χ4v) is 4.83. The number of benzene rings is 2. The minimum atomic E-state index is -0.336. The van der Waals surface area contributed by atoms with Gasteiger partial charge in [-0.05, 0) is 48.5 Å². The summed E-state index contributed by atoms with van der Waals surface area (Å²) in [6.07, 6.45) is 1.55. The van der Waals surface area contributed by atoms with Crippen LogP contribution in [-0.4, -0.2) is 15.7 Å². The lowest BCUT2D eigenvalue weighted by molar-refractivity contribution is 0.0952. The summed E-state index contributed by atoms with van der Waals surface area (Å²) in [7, 11) is 0. The number of halogens is 2. The number of hydrogen-bond acceptors (Lipinski definition) is 4. The van der Waals surface area contributed by atoms with Crippen molar-refractivity contribution in [2.45, 2.75) is 6.54 Å². The Balaban J connectivity index is 1.63. The smallest absolute Gasteiger partial charge is 0.263 e. The van der Waals surface area contributed by atoms with Gasteiger partial charge in [-0.1, -0.05) is 29.8 Å². The first-order valence-electron chi connectivity index (χ1n) is 9.45. The molecule has 0 saturated carbocycles. The van der Waals surface area contributed by atoms with Crippen LogP contribution in [-0.2, 0) is 6.54 Å². The molecule has 31 heavy (non-hydrogen) atoms. The van der Waals surface area contributed by atoms with Crippen molar-refractivity contribution in [1.82, 2.24) is 15.1 Å². The lowest BCUT2D eigenvalue weighted by Gasteiger charge is -2.04. The van der Waals surface area contributed by atoms with Gasteiger partial charge in [0.15, 0.2) is 0 Å². The van der Waals surface area contributed by atoms with Crippen molar-refractivity contribution in [3.63, 3.8) is 0 Å². The Morgan fingerprint density at radius 2 is 1.87 bits per heavy atom. The molecule has 0 unspecified atom stereocenters. The SMILES string of the molecule is O=C(NCc1ccco1)c1sc2c(c(-c3ccc(F)cc3)nn2-c2ccccc2)c1Cl. The number of fused-ring (bicyclic) bond motifs is 1. The van der Waals surface area contributed by atoms with Crippen molar-refractivity contribution >= 4 is 39.1 Å². The molecular weight excluding hydrogens is 437 g/mol. The highest BCUT2D eigenvalue weighted by molar-refractivity contribution is 7.21. The fourth-order valence-electron chi connectivity index (χ4n) is 3.31. The van der Waals surface area contributed by atoms with Crippen molar-refractivity contribution in [3.8, 4) is 16.9 Å². The van der Waals surface area contributed by atoms with Crippen molar-refractivity contribution in [3.05, 3.63) is 94.5 Å². The molecule has 154 valence electrons. The summed E-state index contributed by atoms with van der Waals surface area (Å²) in [5.74, 6) is 0.0113. The van der Waals surface area contributed by atoms with Gasteiger partial charge in [0, 0.05) is 5.56 Å². The van der Waals surface area contributed by atoms with Crippen LogP contribution >= 0.6 is 22.9 Å². The van der Waals surface area contributed by atoms with E-state index in [1.165, 1.54) is 23.5 Å². The van der Waals surface area contributed by atoms with Gasteiger partial charge in [-0.3, -0.25) is 4.79 Å². The Morgan fingerprint density at radius 3 is 2.58 bits per heavy atom. The standard InChI is InChI=1S/C23H15ClFN3O2S/c24-19-18-20(14-8-10-15(25)11-9-14)27-28(16-5-2-1-3-6-16)23(18)31-21(19)22(29)26-13-17-7-4-12-30-17/h1-12H,13H2,(H,26,29). The monoisotopic (exact) mass is 451 g/mol. The molecule has 0 fully saturated rings. The summed E-state index contributed by atoms with van der Waals surface area (Å²) in [4.78, 5) is 14.0. The van der Waals surface area contributed by atoms with Gasteiger partial charge < -0.3 is 9.73 Å². The summed E-state index contributed by atoms with van der Waals surface area (Å²) < 4.78 is 20.5. The summed E-state index contributed by atoms with van der Waals surface area (Å²) >= 11 is 7.96. The maximum atomic E-state index is 13.5. The Kier molecular flexibility index (Phi) is 5.05. The van der Waals surface area contributed by atoms with E-state index in [1.807, 2.05) is 30.3 Å². The lowest BCUT2D eigenvalue weighted by atomic mass is 10.1. The number of thiophene rings is 1. The van der Waals surface area contributed by atoms with E-state index in [0.717, 1.165) is 10.5 Å². The van der Waals surface area contributed by atoms with Gasteiger partial charge in [-0.15, -0.1) is 11.3 Å². The molecule has 3 aromatic heterocycles. The Bertz CT molecular complexity index is 1360. The Labute approximate surface area is 185 Å². The highest BCUT2D eigenvalue weighted by Gasteiger charge is 2.25. The molecule has 8 heteroatoms. The third-order valence-electron chi connectivity index (χ3n) is 4.79. The van der Waals surface area contributed by atoms with Crippen LogP contribution in [0, 0.1) is 5.82 Å². The van der Waals surface area contributed by atoms with Crippen LogP contribution in [0.3, 0.4) is 0 Å². The topological polar surface area (TPSA) is 60.1 Å². The van der Waals surface area contributed by atoms with Crippen LogP contribution in [0.25, 0.3) is 27.2 Å². The summed E-state index contributed by atoms with van der Waals surface area (Å²) in [6.45, 7) is 0.256. The minimum absolute atomic E-state index is 0.256. The van der Waals surface area contributed by atoms with E-state index in [0.29, 0.717) is 32.3 Å². The first-order chi connectivity index (χ1) is 15.1. The minimum Gasteiger partial charge on any atom is -0.467 e. The molecule has 0 bridgehead atoms. The highest BCUT2D eigenvalue weighted by Crippen LogP contribution is 2.42. The predicted octanol–water partition coefficient (Wildman–Crippen LogP) is 6.07. The van der Waals surface area contributed by atoms with Gasteiger partial charge >= 0.3 is 0 Å². The molecule has 0 aliphatic carbocycles. The zero-order chi connectivity index (χ0) is 21.4. The van der Waals surface area contributed by atoms with E-state index in [2.05, 4.69) is 5.32 Å². The van der Waals surface area contributed by atoms with Crippen LogP contribution in [0.4, 0.5) is 4.39 Å². The van der Waals surface area contributed by atoms with Crippen LogP contribution in [0.15, 0.2) is 77.4 Å². The summed E-state index contributed by atoms with van der Waals surface area (Å²) in [6, 6.07) is 19.2. The van der Waals surface area contributed by atoms with Crippen molar-refractivity contribution in [2.24, 2.45) is 0 Å². The molecule has 5 aromatic rings. The lowest BCUT2D eigenvalue weighted by Crippen LogP contribution is -2.21. The van der Waals surface area contributed by atoms with Crippen LogP contribution in [0.5, 0.6) is 0 Å². The maximum Gasteiger partial charge on any atom is 0.263 e. The zero-order valence-electron chi connectivity index (χ0n) is 16.0. The van der Waals surface area contributed by atoms with E-state index in [4.69, 9.17) is 21.1 Å². The first-order valence-corrected chi connectivity index (χ1v) is 10.6. The number of furan rings is 1. The van der Waals surface area contributed by atoms with E-state index in [1.54, 1.807) is 35.2 Å². The van der Waals surface area contributed by atoms with E-state index in [9.17, 15) is 9.18 Å². The second kappa shape index (κ2) is 8.02. The molecule has 0 radical (unpaired) electrons. The molecule has 3 heterocycles. The van der Waals surface area contributed by atoms with Gasteiger partial charge in [0.2, 0.25) is 0 Å². The zero-order valence-corrected chi connectivity index (χ0v) is 17.6. The molecule has 0 aliphatic heterocycles. The van der Waals surface area contributed by atoms with E-state index >= 15 is 0 Å². The molecule has 0 spiro atoms. The van der Waals surface area contributed by atoms with Crippen molar-refractivity contribution < 1.29 is 13.6 Å². The maximum absolute atomic E-state index is 13.5. The average Bonchev–Trinajstić information content (AvgIpc) is 3.51. The van der Waals surface area contributed by atoms with Crippen molar-refractivity contribution in [1.29, 1.82) is 0 Å². The first kappa shape index (κ1) is 19.5. The molecule has 1 amide bonds. The number of hydrogen-bond donors (Lipinski definition) is 1. The Morgan fingerprint density at radius 1 is 1.10 bits per heavy atom. The largest absolute Gasteiger partial charge is 0.467 e. The molecule has 5 rings (SSSR count). The summed E-state index contributed by atoms with van der Waals surface area (Å²) in [5.41, 5.74) is 2.13. The molecule has 1 N–H and O–H groups in total.